The van der Waals surface area contributed by atoms with Gasteiger partial charge in [0.1, 0.15) is 10.2 Å². The fourth-order valence-corrected chi connectivity index (χ4v) is 1.11. The zero-order valence-electron chi connectivity index (χ0n) is 9.69. The van der Waals surface area contributed by atoms with Gasteiger partial charge in [-0.2, -0.15) is 0 Å². The van der Waals surface area contributed by atoms with Crippen LogP contribution in [0, 0.1) is 0 Å². The Hall–Kier alpha value is -1.17. The first kappa shape index (κ1) is 12.9. The van der Waals surface area contributed by atoms with Gasteiger partial charge in [-0.05, 0) is 36.7 Å². The molecule has 0 aliphatic carbocycles. The van der Waals surface area contributed by atoms with Crippen LogP contribution >= 0.6 is 15.9 Å². The monoisotopic (exact) mass is 287 g/mol. The largest absolute Gasteiger partial charge is 0.443 e. The van der Waals surface area contributed by atoms with Gasteiger partial charge in [0.25, 0.3) is 0 Å². The first-order chi connectivity index (χ1) is 7.29. The second-order valence-corrected chi connectivity index (χ2v) is 5.05. The minimum atomic E-state index is -0.520. The van der Waals surface area contributed by atoms with Gasteiger partial charge in [-0.15, -0.1) is 0 Å². The van der Waals surface area contributed by atoms with Gasteiger partial charge >= 0.3 is 6.09 Å². The third-order valence-corrected chi connectivity index (χ3v) is 2.03. The van der Waals surface area contributed by atoms with E-state index in [-0.39, 0.29) is 0 Å². The van der Waals surface area contributed by atoms with E-state index < -0.39 is 11.7 Å². The van der Waals surface area contributed by atoms with Gasteiger partial charge in [0.15, 0.2) is 5.82 Å². The van der Waals surface area contributed by atoms with Crippen molar-refractivity contribution in [1.29, 1.82) is 0 Å². The maximum Gasteiger partial charge on any atom is 0.415 e. The lowest BCUT2D eigenvalue weighted by Crippen LogP contribution is -2.34. The summed E-state index contributed by atoms with van der Waals surface area (Å²) in [7, 11) is 1.59. The zero-order valence-corrected chi connectivity index (χ0v) is 11.3. The summed E-state index contributed by atoms with van der Waals surface area (Å²) in [6.07, 6.45) is 2.56. The van der Waals surface area contributed by atoms with Crippen LogP contribution in [0.2, 0.25) is 0 Å². The molecule has 6 heteroatoms. The Kier molecular flexibility index (Phi) is 3.85. The molecule has 5 nitrogen and oxygen atoms in total. The standard InChI is InChI=1S/C10H14BrN3O2/c1-10(2,3)16-9(15)14(4)8-6-12-7(11)5-13-8/h5-6H,1-4H3. The summed E-state index contributed by atoms with van der Waals surface area (Å²) in [5.41, 5.74) is -0.520. The van der Waals surface area contributed by atoms with E-state index >= 15 is 0 Å². The van der Waals surface area contributed by atoms with Gasteiger partial charge in [-0.3, -0.25) is 4.90 Å². The summed E-state index contributed by atoms with van der Waals surface area (Å²) in [5, 5.41) is 0. The molecule has 0 aliphatic rings. The van der Waals surface area contributed by atoms with Gasteiger partial charge in [-0.25, -0.2) is 14.8 Å². The van der Waals surface area contributed by atoms with Crippen LogP contribution in [0.4, 0.5) is 10.6 Å². The highest BCUT2D eigenvalue weighted by Gasteiger charge is 2.21. The van der Waals surface area contributed by atoms with E-state index in [4.69, 9.17) is 4.74 Å². The summed E-state index contributed by atoms with van der Waals surface area (Å²) in [6.45, 7) is 5.43. The molecule has 0 bridgehead atoms. The maximum absolute atomic E-state index is 11.7. The molecule has 0 fully saturated rings. The van der Waals surface area contributed by atoms with Crippen LogP contribution in [-0.2, 0) is 4.74 Å². The Morgan fingerprint density at radius 2 is 2.00 bits per heavy atom. The first-order valence-electron chi connectivity index (χ1n) is 4.74. The highest BCUT2D eigenvalue weighted by atomic mass is 79.9. The van der Waals surface area contributed by atoms with Crippen molar-refractivity contribution in [2.24, 2.45) is 0 Å². The smallest absolute Gasteiger partial charge is 0.415 e. The van der Waals surface area contributed by atoms with E-state index in [9.17, 15) is 4.79 Å². The highest BCUT2D eigenvalue weighted by Crippen LogP contribution is 2.14. The third kappa shape index (κ3) is 3.77. The molecule has 1 rings (SSSR count). The molecular formula is C10H14BrN3O2. The Labute approximate surface area is 103 Å². The summed E-state index contributed by atoms with van der Waals surface area (Å²) in [6, 6.07) is 0. The molecule has 0 aromatic carbocycles. The lowest BCUT2D eigenvalue weighted by Gasteiger charge is -2.23. The molecule has 0 spiro atoms. The molecule has 1 aromatic heterocycles. The predicted molar refractivity (Wildman–Crippen MR) is 64.4 cm³/mol. The van der Waals surface area contributed by atoms with E-state index in [1.165, 1.54) is 17.3 Å². The second kappa shape index (κ2) is 4.78. The molecule has 88 valence electrons. The molecule has 0 radical (unpaired) electrons. The van der Waals surface area contributed by atoms with Crippen molar-refractivity contribution in [2.45, 2.75) is 26.4 Å². The zero-order chi connectivity index (χ0) is 12.3. The molecule has 0 N–H and O–H groups in total. The van der Waals surface area contributed by atoms with Crippen molar-refractivity contribution in [1.82, 2.24) is 9.97 Å². The van der Waals surface area contributed by atoms with Crippen molar-refractivity contribution in [3.63, 3.8) is 0 Å². The maximum atomic E-state index is 11.7. The topological polar surface area (TPSA) is 55.3 Å². The highest BCUT2D eigenvalue weighted by molar-refractivity contribution is 9.10. The van der Waals surface area contributed by atoms with Crippen LogP contribution in [0.15, 0.2) is 17.0 Å². The summed E-state index contributed by atoms with van der Waals surface area (Å²) in [5.74, 6) is 0.442. The quantitative estimate of drug-likeness (QED) is 0.797. The SMILES string of the molecule is CN(C(=O)OC(C)(C)C)c1cnc(Br)cn1. The lowest BCUT2D eigenvalue weighted by molar-refractivity contribution is 0.0588. The molecule has 0 unspecified atom stereocenters. The number of aromatic nitrogens is 2. The number of halogens is 1. The fourth-order valence-electron chi connectivity index (χ4n) is 0.903. The van der Waals surface area contributed by atoms with Crippen LogP contribution in [0.25, 0.3) is 0 Å². The van der Waals surface area contributed by atoms with E-state index in [1.54, 1.807) is 7.05 Å². The van der Waals surface area contributed by atoms with Crippen LogP contribution in [0.5, 0.6) is 0 Å². The van der Waals surface area contributed by atoms with Gasteiger partial charge in [0.05, 0.1) is 12.4 Å². The molecule has 16 heavy (non-hydrogen) atoms. The first-order valence-corrected chi connectivity index (χ1v) is 5.53. The number of anilines is 1. The summed E-state index contributed by atoms with van der Waals surface area (Å²) in [4.78, 5) is 21.0. The van der Waals surface area contributed by atoms with Crippen molar-refractivity contribution >= 4 is 27.8 Å². The van der Waals surface area contributed by atoms with Crippen LogP contribution < -0.4 is 4.90 Å². The fraction of sp³-hybridized carbons (Fsp3) is 0.500. The third-order valence-electron chi connectivity index (χ3n) is 1.62. The van der Waals surface area contributed by atoms with Crippen molar-refractivity contribution in [2.75, 3.05) is 11.9 Å². The predicted octanol–water partition coefficient (Wildman–Crippen LogP) is 2.61. The second-order valence-electron chi connectivity index (χ2n) is 4.24. The normalized spacial score (nSPS) is 11.1. The summed E-state index contributed by atoms with van der Waals surface area (Å²) >= 11 is 3.17. The molecule has 0 saturated heterocycles. The average molecular weight is 288 g/mol. The van der Waals surface area contributed by atoms with Crippen LogP contribution in [0.1, 0.15) is 20.8 Å². The Balaban J connectivity index is 2.74. The molecule has 1 aromatic rings. The molecule has 0 saturated carbocycles. The number of ether oxygens (including phenoxy) is 1. The van der Waals surface area contributed by atoms with Crippen molar-refractivity contribution in [3.05, 3.63) is 17.0 Å². The van der Waals surface area contributed by atoms with E-state index in [2.05, 4.69) is 25.9 Å². The van der Waals surface area contributed by atoms with E-state index in [0.29, 0.717) is 10.4 Å². The minimum Gasteiger partial charge on any atom is -0.443 e. The van der Waals surface area contributed by atoms with Gasteiger partial charge in [0, 0.05) is 7.05 Å². The molecule has 0 atom stereocenters. The Bertz CT molecular complexity index is 373. The van der Waals surface area contributed by atoms with Gasteiger partial charge < -0.3 is 4.74 Å². The number of carbonyl (C=O) groups is 1. The number of carbonyl (C=O) groups excluding carboxylic acids is 1. The van der Waals surface area contributed by atoms with E-state index in [1.807, 2.05) is 20.8 Å². The van der Waals surface area contributed by atoms with Gasteiger partial charge in [0.2, 0.25) is 0 Å². The average Bonchev–Trinajstić information content (AvgIpc) is 2.15. The number of nitrogens with zero attached hydrogens (tertiary/aromatic N) is 3. The number of hydrogen-bond acceptors (Lipinski definition) is 4. The van der Waals surface area contributed by atoms with E-state index in [0.717, 1.165) is 0 Å². The molecule has 1 amide bonds. The van der Waals surface area contributed by atoms with Crippen LogP contribution in [-0.4, -0.2) is 28.7 Å². The van der Waals surface area contributed by atoms with Crippen LogP contribution in [0.3, 0.4) is 0 Å². The van der Waals surface area contributed by atoms with Crippen molar-refractivity contribution in [3.8, 4) is 0 Å². The molecular weight excluding hydrogens is 274 g/mol. The minimum absolute atomic E-state index is 0.442. The number of hydrogen-bond donors (Lipinski definition) is 0. The Morgan fingerprint density at radius 3 is 2.44 bits per heavy atom. The molecule has 0 aliphatic heterocycles. The number of amides is 1. The molecule has 1 heterocycles. The number of rotatable bonds is 1. The Morgan fingerprint density at radius 1 is 1.38 bits per heavy atom. The van der Waals surface area contributed by atoms with Crippen molar-refractivity contribution < 1.29 is 9.53 Å². The lowest BCUT2D eigenvalue weighted by atomic mass is 10.2. The summed E-state index contributed by atoms with van der Waals surface area (Å²) < 4.78 is 5.81. The van der Waals surface area contributed by atoms with Gasteiger partial charge in [-0.1, -0.05) is 0 Å².